The number of phenols is 1. The molecule has 0 spiro atoms. The summed E-state index contributed by atoms with van der Waals surface area (Å²) >= 11 is 0. The molecule has 1 aliphatic rings. The molecule has 1 amide bonds. The second-order valence-electron chi connectivity index (χ2n) is 4.61. The molecule has 1 aliphatic carbocycles. The summed E-state index contributed by atoms with van der Waals surface area (Å²) in [5.74, 6) is -0.485. The van der Waals surface area contributed by atoms with Gasteiger partial charge in [-0.25, -0.2) is 0 Å². The fourth-order valence-corrected chi connectivity index (χ4v) is 1.94. The number of hydrogen-bond acceptors (Lipinski definition) is 5. The average molecular weight is 302 g/mol. The molecule has 1 unspecified atom stereocenters. The highest BCUT2D eigenvalue weighted by Gasteiger charge is 2.31. The van der Waals surface area contributed by atoms with Crippen LogP contribution in [-0.4, -0.2) is 28.5 Å². The Morgan fingerprint density at radius 2 is 2.20 bits per heavy atom. The van der Waals surface area contributed by atoms with Gasteiger partial charge in [-0.05, 0) is 30.9 Å². The number of nitrogens with two attached hydrogens (primary N) is 1. The summed E-state index contributed by atoms with van der Waals surface area (Å²) < 4.78 is 0. The Kier molecular flexibility index (Phi) is 5.29. The van der Waals surface area contributed by atoms with Gasteiger partial charge in [0.25, 0.3) is 5.91 Å². The number of carbonyl (C=O) groups is 1. The van der Waals surface area contributed by atoms with Crippen molar-refractivity contribution in [3.8, 4) is 5.75 Å². The molecule has 1 saturated carbocycles. The van der Waals surface area contributed by atoms with Crippen LogP contribution in [0.4, 0.5) is 5.69 Å². The van der Waals surface area contributed by atoms with E-state index < -0.39 is 16.4 Å². The lowest BCUT2D eigenvalue weighted by molar-refractivity contribution is -0.385. The lowest BCUT2D eigenvalue weighted by Gasteiger charge is -2.15. The molecule has 0 aliphatic heterocycles. The van der Waals surface area contributed by atoms with Crippen molar-refractivity contribution in [2.45, 2.75) is 18.9 Å². The monoisotopic (exact) mass is 301 g/mol. The molecule has 0 heterocycles. The number of phenolic OH excluding ortho intramolecular Hbond substituents is 1. The largest absolute Gasteiger partial charge is 0.502 e. The lowest BCUT2D eigenvalue weighted by atomic mass is 10.1. The van der Waals surface area contributed by atoms with Gasteiger partial charge in [-0.15, -0.1) is 12.4 Å². The molecule has 0 bridgehead atoms. The smallest absolute Gasteiger partial charge is 0.310 e. The van der Waals surface area contributed by atoms with Gasteiger partial charge >= 0.3 is 5.69 Å². The minimum atomic E-state index is -0.704. The summed E-state index contributed by atoms with van der Waals surface area (Å²) in [5, 5.41) is 22.8. The predicted octanol–water partition coefficient (Wildman–Crippen LogP) is 1.19. The van der Waals surface area contributed by atoms with Crippen LogP contribution in [-0.2, 0) is 0 Å². The standard InChI is InChI=1S/C12H15N3O4.ClH/c13-6-9(7-1-2-7)14-12(17)8-3-4-10(15(18)19)11(16)5-8;/h3-5,7,9,16H,1-2,6,13H2,(H,14,17);1H. The number of nitrogens with zero attached hydrogens (tertiary/aromatic N) is 1. The van der Waals surface area contributed by atoms with E-state index in [0.29, 0.717) is 12.5 Å². The Morgan fingerprint density at radius 1 is 1.55 bits per heavy atom. The van der Waals surface area contributed by atoms with E-state index in [9.17, 15) is 20.0 Å². The first-order chi connectivity index (χ1) is 9.02. The van der Waals surface area contributed by atoms with Gasteiger partial charge < -0.3 is 16.2 Å². The van der Waals surface area contributed by atoms with Gasteiger partial charge in [0.15, 0.2) is 5.75 Å². The van der Waals surface area contributed by atoms with Crippen LogP contribution >= 0.6 is 12.4 Å². The number of carbonyl (C=O) groups excluding carboxylic acids is 1. The van der Waals surface area contributed by atoms with Gasteiger partial charge in [0.1, 0.15) is 0 Å². The van der Waals surface area contributed by atoms with E-state index in [2.05, 4.69) is 5.32 Å². The first kappa shape index (κ1) is 16.2. The molecule has 4 N–H and O–H groups in total. The van der Waals surface area contributed by atoms with E-state index >= 15 is 0 Å². The number of aromatic hydroxyl groups is 1. The van der Waals surface area contributed by atoms with Crippen molar-refractivity contribution in [2.75, 3.05) is 6.54 Å². The van der Waals surface area contributed by atoms with Crippen LogP contribution in [0, 0.1) is 16.0 Å². The van der Waals surface area contributed by atoms with Gasteiger partial charge in [-0.3, -0.25) is 14.9 Å². The molecule has 1 aromatic carbocycles. The molecule has 7 nitrogen and oxygen atoms in total. The van der Waals surface area contributed by atoms with Crippen molar-refractivity contribution < 1.29 is 14.8 Å². The third kappa shape index (κ3) is 3.58. The zero-order valence-electron chi connectivity index (χ0n) is 10.6. The highest BCUT2D eigenvalue weighted by atomic mass is 35.5. The first-order valence-electron chi connectivity index (χ1n) is 6.01. The second-order valence-corrected chi connectivity index (χ2v) is 4.61. The van der Waals surface area contributed by atoms with Gasteiger partial charge in [-0.2, -0.15) is 0 Å². The summed E-state index contributed by atoms with van der Waals surface area (Å²) in [7, 11) is 0. The predicted molar refractivity (Wildman–Crippen MR) is 75.0 cm³/mol. The van der Waals surface area contributed by atoms with Gasteiger partial charge in [-0.1, -0.05) is 0 Å². The van der Waals surface area contributed by atoms with Crippen LogP contribution in [0.25, 0.3) is 0 Å². The second kappa shape index (κ2) is 6.53. The molecule has 1 aromatic rings. The Bertz CT molecular complexity index is 519. The fourth-order valence-electron chi connectivity index (χ4n) is 1.94. The van der Waals surface area contributed by atoms with Gasteiger partial charge in [0.05, 0.1) is 4.92 Å². The number of nitro groups is 1. The van der Waals surface area contributed by atoms with Gasteiger partial charge in [0, 0.05) is 24.2 Å². The molecule has 0 aromatic heterocycles. The number of halogens is 1. The molecular weight excluding hydrogens is 286 g/mol. The van der Waals surface area contributed by atoms with E-state index in [4.69, 9.17) is 5.73 Å². The van der Waals surface area contributed by atoms with Crippen LogP contribution in [0.5, 0.6) is 5.75 Å². The number of nitrogens with one attached hydrogen (secondary N) is 1. The molecule has 20 heavy (non-hydrogen) atoms. The summed E-state index contributed by atoms with van der Waals surface area (Å²) in [4.78, 5) is 21.8. The first-order valence-corrected chi connectivity index (χ1v) is 6.01. The SMILES string of the molecule is Cl.NCC(NC(=O)c1ccc([N+](=O)[O-])c(O)c1)C1CC1. The maximum Gasteiger partial charge on any atom is 0.310 e. The van der Waals surface area contributed by atoms with Crippen LogP contribution in [0.1, 0.15) is 23.2 Å². The van der Waals surface area contributed by atoms with Crippen molar-refractivity contribution in [2.24, 2.45) is 11.7 Å². The molecule has 2 rings (SSSR count). The third-order valence-corrected chi connectivity index (χ3v) is 3.20. The van der Waals surface area contributed by atoms with Crippen molar-refractivity contribution in [3.05, 3.63) is 33.9 Å². The quantitative estimate of drug-likeness (QED) is 0.557. The van der Waals surface area contributed by atoms with Crippen LogP contribution < -0.4 is 11.1 Å². The summed E-state index contributed by atoms with van der Waals surface area (Å²) in [5.41, 5.74) is 5.34. The Hall–Kier alpha value is -1.86. The highest BCUT2D eigenvalue weighted by Crippen LogP contribution is 2.32. The lowest BCUT2D eigenvalue weighted by Crippen LogP contribution is -2.41. The molecule has 1 atom stereocenters. The highest BCUT2D eigenvalue weighted by molar-refractivity contribution is 5.95. The normalized spacial score (nSPS) is 15.1. The molecule has 1 fully saturated rings. The topological polar surface area (TPSA) is 118 Å². The Labute approximate surface area is 121 Å². The summed E-state index contributed by atoms with van der Waals surface area (Å²) in [6.45, 7) is 0.357. The number of benzene rings is 1. The van der Waals surface area contributed by atoms with Crippen molar-refractivity contribution >= 4 is 24.0 Å². The van der Waals surface area contributed by atoms with Crippen molar-refractivity contribution in [1.82, 2.24) is 5.32 Å². The van der Waals surface area contributed by atoms with E-state index in [1.165, 1.54) is 6.07 Å². The Balaban J connectivity index is 0.00000200. The maximum absolute atomic E-state index is 11.9. The zero-order valence-corrected chi connectivity index (χ0v) is 11.4. The van der Waals surface area contributed by atoms with Crippen molar-refractivity contribution in [3.63, 3.8) is 0 Å². The molecule has 0 radical (unpaired) electrons. The number of nitro benzene ring substituents is 1. The maximum atomic E-state index is 11.9. The van der Waals surface area contributed by atoms with E-state index in [1.54, 1.807) is 0 Å². The molecular formula is C12H16ClN3O4. The average Bonchev–Trinajstić information content (AvgIpc) is 3.19. The van der Waals surface area contributed by atoms with E-state index in [-0.39, 0.29) is 29.9 Å². The summed E-state index contributed by atoms with van der Waals surface area (Å²) in [6, 6.07) is 3.44. The van der Waals surface area contributed by atoms with E-state index in [1.807, 2.05) is 0 Å². The van der Waals surface area contributed by atoms with Crippen molar-refractivity contribution in [1.29, 1.82) is 0 Å². The molecule has 0 saturated heterocycles. The Morgan fingerprint density at radius 3 is 2.65 bits per heavy atom. The molecule has 8 heteroatoms. The number of hydrogen-bond donors (Lipinski definition) is 3. The number of amides is 1. The van der Waals surface area contributed by atoms with Crippen LogP contribution in [0.2, 0.25) is 0 Å². The minimum Gasteiger partial charge on any atom is -0.502 e. The van der Waals surface area contributed by atoms with Crippen LogP contribution in [0.3, 0.4) is 0 Å². The van der Waals surface area contributed by atoms with E-state index in [0.717, 1.165) is 25.0 Å². The third-order valence-electron chi connectivity index (χ3n) is 3.20. The number of rotatable bonds is 5. The summed E-state index contributed by atoms with van der Waals surface area (Å²) in [6.07, 6.45) is 2.10. The van der Waals surface area contributed by atoms with Crippen LogP contribution in [0.15, 0.2) is 18.2 Å². The minimum absolute atomic E-state index is 0. The fraction of sp³-hybridized carbons (Fsp3) is 0.417. The molecule has 110 valence electrons. The van der Waals surface area contributed by atoms with Gasteiger partial charge in [0.2, 0.25) is 0 Å². The zero-order chi connectivity index (χ0) is 14.0.